The third kappa shape index (κ3) is 12.5. The molecule has 318 valence electrons. The molecule has 1 fully saturated rings. The van der Waals surface area contributed by atoms with Crippen LogP contribution in [0.4, 0.5) is 0 Å². The van der Waals surface area contributed by atoms with Crippen molar-refractivity contribution >= 4 is 29.6 Å². The van der Waals surface area contributed by atoms with Gasteiger partial charge in [0.2, 0.25) is 23.6 Å². The molecule has 1 heterocycles. The molecule has 13 nitrogen and oxygen atoms in total. The first kappa shape index (κ1) is 48.6. The van der Waals surface area contributed by atoms with Crippen LogP contribution < -0.4 is 10.6 Å². The highest BCUT2D eigenvalue weighted by Gasteiger charge is 2.43. The number of likely N-dealkylation sites (N-methyl/N-ethyl adjacent to an activating group) is 2. The number of methoxy groups -OCH3 is 3. The monoisotopic (exact) mass is 788 g/mol. The molecule has 1 aromatic carbocycles. The van der Waals surface area contributed by atoms with Gasteiger partial charge in [0.25, 0.3) is 0 Å². The molecule has 56 heavy (non-hydrogen) atoms. The Morgan fingerprint density at radius 2 is 1.54 bits per heavy atom. The van der Waals surface area contributed by atoms with Crippen LogP contribution in [0.15, 0.2) is 24.3 Å². The highest BCUT2D eigenvalue weighted by atomic mass is 16.5. The van der Waals surface area contributed by atoms with E-state index in [9.17, 15) is 24.0 Å². The van der Waals surface area contributed by atoms with Gasteiger partial charge >= 0.3 is 5.97 Å². The maximum absolute atomic E-state index is 14.3. The molecule has 1 aliphatic heterocycles. The number of esters is 1. The molecule has 0 aromatic heterocycles. The van der Waals surface area contributed by atoms with Crippen molar-refractivity contribution in [2.75, 3.05) is 48.5 Å². The summed E-state index contributed by atoms with van der Waals surface area (Å²) in [5.41, 5.74) is 1.24. The van der Waals surface area contributed by atoms with Gasteiger partial charge < -0.3 is 34.6 Å². The third-order valence-corrected chi connectivity index (χ3v) is 11.8. The number of rotatable bonds is 22. The molecule has 8 atom stereocenters. The van der Waals surface area contributed by atoms with Crippen molar-refractivity contribution in [1.29, 1.82) is 0 Å². The van der Waals surface area contributed by atoms with E-state index in [4.69, 9.17) is 14.2 Å². The van der Waals surface area contributed by atoms with Crippen LogP contribution in [0, 0.1) is 23.7 Å². The first-order chi connectivity index (χ1) is 26.4. The Balaban J connectivity index is 2.23. The molecule has 2 rings (SSSR count). The van der Waals surface area contributed by atoms with Crippen LogP contribution in [0.25, 0.3) is 0 Å². The van der Waals surface area contributed by atoms with Crippen LogP contribution in [0.1, 0.15) is 104 Å². The van der Waals surface area contributed by atoms with Crippen LogP contribution in [0.2, 0.25) is 0 Å². The van der Waals surface area contributed by atoms with E-state index in [0.717, 1.165) is 18.4 Å². The molecule has 0 bridgehead atoms. The summed E-state index contributed by atoms with van der Waals surface area (Å²) in [5, 5.41) is 6.08. The van der Waals surface area contributed by atoms with E-state index in [-0.39, 0.29) is 59.9 Å². The Morgan fingerprint density at radius 1 is 0.893 bits per heavy atom. The van der Waals surface area contributed by atoms with E-state index in [2.05, 4.69) is 10.6 Å². The molecule has 2 N–H and O–H groups in total. The summed E-state index contributed by atoms with van der Waals surface area (Å²) in [7, 11) is 8.14. The molecule has 1 unspecified atom stereocenters. The number of carbonyl (C=O) groups is 5. The van der Waals surface area contributed by atoms with E-state index in [1.165, 1.54) is 7.11 Å². The number of hydrogen-bond acceptors (Lipinski definition) is 9. The van der Waals surface area contributed by atoms with Crippen molar-refractivity contribution in [2.45, 2.75) is 137 Å². The molecular formula is C43H73N5O8. The van der Waals surface area contributed by atoms with Crippen molar-refractivity contribution in [3.8, 4) is 0 Å². The lowest BCUT2D eigenvalue weighted by Crippen LogP contribution is -2.60. The van der Waals surface area contributed by atoms with Gasteiger partial charge in [-0.25, -0.2) is 4.79 Å². The summed E-state index contributed by atoms with van der Waals surface area (Å²) in [4.78, 5) is 73.4. The van der Waals surface area contributed by atoms with Gasteiger partial charge in [0.15, 0.2) is 0 Å². The Labute approximate surface area is 336 Å². The first-order valence-electron chi connectivity index (χ1n) is 20.5. The minimum Gasteiger partial charge on any atom is -0.465 e. The standard InChI is InChI=1S/C43H73N5O8/c1-15-29(8)38(47(11)42(52)36(26(2)3)45-41(51)37(27(4)5)46(10)28(6)7)34(54-12)25-35(49)48-24-18-21-33(48)39(55-13)30(9)40(50)44-23-22-31-19-16-17-20-32(31)43(53)56-14/h16-17,19-20,26-30,33-34,36-39H,15,18,21-25H2,1-14H3,(H,44,50)(H,45,51)/t29-,30+,33-,34+,36?,37-,38-,39+/m0/s1. The Kier molecular flexibility index (Phi) is 20.0. The number of nitrogens with zero attached hydrogens (tertiary/aromatic N) is 3. The molecule has 1 aliphatic rings. The summed E-state index contributed by atoms with van der Waals surface area (Å²) < 4.78 is 16.9. The molecule has 4 amide bonds. The van der Waals surface area contributed by atoms with Crippen LogP contribution in [0.3, 0.4) is 0 Å². The fourth-order valence-corrected chi connectivity index (χ4v) is 8.09. The number of amides is 4. The average molecular weight is 788 g/mol. The van der Waals surface area contributed by atoms with Crippen LogP contribution in [-0.2, 0) is 39.8 Å². The second kappa shape index (κ2) is 23.0. The quantitative estimate of drug-likeness (QED) is 0.162. The summed E-state index contributed by atoms with van der Waals surface area (Å²) in [6, 6.07) is 5.34. The molecule has 1 saturated heterocycles. The second-order valence-corrected chi connectivity index (χ2v) is 16.5. The maximum atomic E-state index is 14.3. The lowest BCUT2D eigenvalue weighted by Gasteiger charge is -2.41. The zero-order valence-corrected chi connectivity index (χ0v) is 36.7. The molecule has 0 saturated carbocycles. The highest BCUT2D eigenvalue weighted by molar-refractivity contribution is 5.91. The molecule has 0 aliphatic carbocycles. The van der Waals surface area contributed by atoms with Gasteiger partial charge in [-0.3, -0.25) is 24.1 Å². The normalized spacial score (nSPS) is 18.3. The van der Waals surface area contributed by atoms with Crippen molar-refractivity contribution in [2.24, 2.45) is 23.7 Å². The van der Waals surface area contributed by atoms with Gasteiger partial charge in [0.1, 0.15) is 6.04 Å². The largest absolute Gasteiger partial charge is 0.465 e. The minimum absolute atomic E-state index is 0.0231. The number of likely N-dealkylation sites (tertiary alicyclic amines) is 1. The topological polar surface area (TPSA) is 147 Å². The molecular weight excluding hydrogens is 714 g/mol. The lowest BCUT2D eigenvalue weighted by molar-refractivity contribution is -0.148. The van der Waals surface area contributed by atoms with Crippen molar-refractivity contribution in [1.82, 2.24) is 25.3 Å². The fraction of sp³-hybridized carbons (Fsp3) is 0.744. The number of hydrogen-bond donors (Lipinski definition) is 2. The minimum atomic E-state index is -0.769. The van der Waals surface area contributed by atoms with E-state index in [1.807, 2.05) is 79.5 Å². The van der Waals surface area contributed by atoms with Crippen molar-refractivity contribution < 1.29 is 38.2 Å². The van der Waals surface area contributed by atoms with Gasteiger partial charge in [0.05, 0.1) is 55.3 Å². The van der Waals surface area contributed by atoms with Gasteiger partial charge in [-0.2, -0.15) is 0 Å². The number of carbonyl (C=O) groups excluding carboxylic acids is 5. The summed E-state index contributed by atoms with van der Waals surface area (Å²) in [6.45, 7) is 18.7. The zero-order valence-electron chi connectivity index (χ0n) is 36.7. The smallest absolute Gasteiger partial charge is 0.338 e. The van der Waals surface area contributed by atoms with E-state index in [1.54, 1.807) is 50.1 Å². The van der Waals surface area contributed by atoms with Crippen LogP contribution in [0.5, 0.6) is 0 Å². The van der Waals surface area contributed by atoms with Crippen LogP contribution in [-0.4, -0.2) is 135 Å². The molecule has 13 heteroatoms. The Bertz CT molecular complexity index is 1440. The predicted octanol–water partition coefficient (Wildman–Crippen LogP) is 4.56. The lowest BCUT2D eigenvalue weighted by atomic mass is 9.89. The first-order valence-corrected chi connectivity index (χ1v) is 20.5. The summed E-state index contributed by atoms with van der Waals surface area (Å²) in [6.07, 6.45) is 1.48. The van der Waals surface area contributed by atoms with E-state index >= 15 is 0 Å². The highest BCUT2D eigenvalue weighted by Crippen LogP contribution is 2.30. The fourth-order valence-electron chi connectivity index (χ4n) is 8.09. The SMILES string of the molecule is CC[C@H](C)[C@@H]([C@@H](CC(=O)N1CCC[C@H]1[C@H](OC)[C@@H](C)C(=O)NCCc1ccccc1C(=O)OC)OC)N(C)C(=O)C(NC(=O)[C@H](C(C)C)N(C)C(C)C)C(C)C. The Hall–Kier alpha value is -3.55. The molecule has 0 spiro atoms. The number of ether oxygens (including phenoxy) is 3. The second-order valence-electron chi connectivity index (χ2n) is 16.5. The maximum Gasteiger partial charge on any atom is 0.338 e. The van der Waals surface area contributed by atoms with Crippen molar-refractivity contribution in [3.05, 3.63) is 35.4 Å². The third-order valence-electron chi connectivity index (χ3n) is 11.8. The van der Waals surface area contributed by atoms with Crippen molar-refractivity contribution in [3.63, 3.8) is 0 Å². The number of benzene rings is 1. The zero-order chi connectivity index (χ0) is 42.4. The van der Waals surface area contributed by atoms with E-state index in [0.29, 0.717) is 31.5 Å². The van der Waals surface area contributed by atoms with Gasteiger partial charge in [-0.05, 0) is 69.5 Å². The molecule has 0 radical (unpaired) electrons. The predicted molar refractivity (Wildman–Crippen MR) is 219 cm³/mol. The molecule has 1 aromatic rings. The van der Waals surface area contributed by atoms with Gasteiger partial charge in [-0.15, -0.1) is 0 Å². The van der Waals surface area contributed by atoms with E-state index < -0.39 is 42.2 Å². The average Bonchev–Trinajstić information content (AvgIpc) is 3.65. The summed E-state index contributed by atoms with van der Waals surface area (Å²) >= 11 is 0. The van der Waals surface area contributed by atoms with Gasteiger partial charge in [0, 0.05) is 40.4 Å². The van der Waals surface area contributed by atoms with Gasteiger partial charge in [-0.1, -0.05) is 73.1 Å². The van der Waals surface area contributed by atoms with Crippen LogP contribution >= 0.6 is 0 Å². The Morgan fingerprint density at radius 3 is 2.07 bits per heavy atom. The number of nitrogens with one attached hydrogen (secondary N) is 2. The summed E-state index contributed by atoms with van der Waals surface area (Å²) in [5.74, 6) is -1.92.